The largest absolute Gasteiger partial charge is 0.488 e. The van der Waals surface area contributed by atoms with Crippen LogP contribution >= 0.6 is 0 Å². The molecule has 1 aliphatic rings. The molecule has 0 aliphatic carbocycles. The van der Waals surface area contributed by atoms with Crippen molar-refractivity contribution in [3.63, 3.8) is 0 Å². The lowest BCUT2D eigenvalue weighted by Crippen LogP contribution is -2.45. The number of pyridine rings is 1. The molecular weight excluding hydrogens is 384 g/mol. The molecule has 7 heteroatoms. The molecule has 7 nitrogen and oxygen atoms in total. The molecule has 2 atom stereocenters. The maximum absolute atomic E-state index is 12.8. The monoisotopic (exact) mass is 414 g/mol. The van der Waals surface area contributed by atoms with Gasteiger partial charge in [-0.1, -0.05) is 6.07 Å². The summed E-state index contributed by atoms with van der Waals surface area (Å²) in [5.41, 5.74) is -1.32. The number of rotatable bonds is 3. The Morgan fingerprint density at radius 2 is 1.70 bits per heavy atom. The van der Waals surface area contributed by atoms with Crippen molar-refractivity contribution in [2.45, 2.75) is 71.3 Å². The van der Waals surface area contributed by atoms with Gasteiger partial charge in [0, 0.05) is 24.2 Å². The average molecular weight is 415 g/mol. The third-order valence-electron chi connectivity index (χ3n) is 4.48. The fourth-order valence-electron chi connectivity index (χ4n) is 3.33. The molecule has 1 aromatic heterocycles. The number of benzene rings is 1. The Labute approximate surface area is 177 Å². The molecule has 30 heavy (non-hydrogen) atoms. The summed E-state index contributed by atoms with van der Waals surface area (Å²) in [5.74, 6) is 0.205. The van der Waals surface area contributed by atoms with Crippen LogP contribution in [0.1, 0.15) is 48.0 Å². The molecule has 2 heterocycles. The minimum atomic E-state index is -0.758. The molecule has 162 valence electrons. The van der Waals surface area contributed by atoms with Gasteiger partial charge in [0.15, 0.2) is 0 Å². The first-order valence-electron chi connectivity index (χ1n) is 10.1. The van der Waals surface area contributed by atoms with Crippen LogP contribution in [0.25, 0.3) is 10.8 Å². The van der Waals surface area contributed by atoms with Crippen molar-refractivity contribution in [2.75, 3.05) is 6.54 Å². The van der Waals surface area contributed by atoms with Gasteiger partial charge in [-0.3, -0.25) is 9.88 Å². The first-order chi connectivity index (χ1) is 13.9. The summed E-state index contributed by atoms with van der Waals surface area (Å²) in [5, 5.41) is 2.02. The van der Waals surface area contributed by atoms with E-state index < -0.39 is 29.3 Å². The van der Waals surface area contributed by atoms with E-state index in [9.17, 15) is 9.59 Å². The van der Waals surface area contributed by atoms with E-state index in [1.807, 2.05) is 24.3 Å². The summed E-state index contributed by atoms with van der Waals surface area (Å²) < 4.78 is 17.2. The molecule has 1 amide bonds. The molecule has 2 aromatic rings. The van der Waals surface area contributed by atoms with Crippen molar-refractivity contribution in [3.8, 4) is 5.75 Å². The number of nitrogens with zero attached hydrogens (tertiary/aromatic N) is 2. The quantitative estimate of drug-likeness (QED) is 0.696. The number of ether oxygens (including phenoxy) is 3. The Morgan fingerprint density at radius 1 is 1.00 bits per heavy atom. The number of aromatic nitrogens is 1. The summed E-state index contributed by atoms with van der Waals surface area (Å²) in [6.07, 6.45) is 2.94. The summed E-state index contributed by atoms with van der Waals surface area (Å²) in [6.45, 7) is 11.0. The fraction of sp³-hybridized carbons (Fsp3) is 0.522. The van der Waals surface area contributed by atoms with Gasteiger partial charge in [0.25, 0.3) is 0 Å². The van der Waals surface area contributed by atoms with Crippen LogP contribution in [0.3, 0.4) is 0 Å². The van der Waals surface area contributed by atoms with Gasteiger partial charge in [-0.15, -0.1) is 0 Å². The Balaban J connectivity index is 1.78. The second kappa shape index (κ2) is 8.13. The zero-order chi connectivity index (χ0) is 22.1. The van der Waals surface area contributed by atoms with E-state index in [2.05, 4.69) is 4.98 Å². The fourth-order valence-corrected chi connectivity index (χ4v) is 3.33. The van der Waals surface area contributed by atoms with Crippen LogP contribution in [0.4, 0.5) is 4.79 Å². The summed E-state index contributed by atoms with van der Waals surface area (Å²) in [7, 11) is 0. The number of fused-ring (bicyclic) bond motifs is 1. The average Bonchev–Trinajstić information content (AvgIpc) is 3.03. The maximum Gasteiger partial charge on any atom is 0.411 e. The second-order valence-electron chi connectivity index (χ2n) is 9.54. The van der Waals surface area contributed by atoms with Crippen LogP contribution in [0.2, 0.25) is 0 Å². The van der Waals surface area contributed by atoms with Gasteiger partial charge in [-0.2, -0.15) is 0 Å². The van der Waals surface area contributed by atoms with Crippen molar-refractivity contribution in [2.24, 2.45) is 0 Å². The molecule has 2 unspecified atom stereocenters. The van der Waals surface area contributed by atoms with E-state index in [1.165, 1.54) is 4.90 Å². The lowest BCUT2D eigenvalue weighted by molar-refractivity contribution is -0.160. The number of esters is 1. The molecule has 0 radical (unpaired) electrons. The topological polar surface area (TPSA) is 78.0 Å². The zero-order valence-electron chi connectivity index (χ0n) is 18.5. The minimum Gasteiger partial charge on any atom is -0.488 e. The van der Waals surface area contributed by atoms with E-state index in [-0.39, 0.29) is 12.6 Å². The molecule has 0 N–H and O–H groups in total. The lowest BCUT2D eigenvalue weighted by atomic mass is 10.1. The minimum absolute atomic E-state index is 0.240. The van der Waals surface area contributed by atoms with Crippen molar-refractivity contribution in [3.05, 3.63) is 36.7 Å². The molecular formula is C23H30N2O5. The van der Waals surface area contributed by atoms with Gasteiger partial charge in [0.1, 0.15) is 29.1 Å². The Bertz CT molecular complexity index is 893. The Hall–Kier alpha value is -2.83. The molecule has 0 bridgehead atoms. The number of amides is 1. The Kier molecular flexibility index (Phi) is 5.92. The van der Waals surface area contributed by atoms with E-state index in [4.69, 9.17) is 14.2 Å². The first kappa shape index (κ1) is 21.9. The number of carbonyl (C=O) groups excluding carboxylic acids is 2. The van der Waals surface area contributed by atoms with Crippen LogP contribution < -0.4 is 4.74 Å². The van der Waals surface area contributed by atoms with Gasteiger partial charge in [-0.05, 0) is 65.1 Å². The zero-order valence-corrected chi connectivity index (χ0v) is 18.5. The SMILES string of the molecule is CC(C)(C)OC(=O)C1CC(Oc2ccc3ccncc3c2)CN1C(=O)OC(C)(C)C. The summed E-state index contributed by atoms with van der Waals surface area (Å²) in [6, 6.07) is 6.91. The van der Waals surface area contributed by atoms with Gasteiger partial charge >= 0.3 is 12.1 Å². The predicted octanol–water partition coefficient (Wildman–Crippen LogP) is 4.33. The normalized spacial score (nSPS) is 19.6. The van der Waals surface area contributed by atoms with Crippen LogP contribution in [0, 0.1) is 0 Å². The highest BCUT2D eigenvalue weighted by atomic mass is 16.6. The summed E-state index contributed by atoms with van der Waals surface area (Å²) >= 11 is 0. The van der Waals surface area contributed by atoms with Crippen LogP contribution in [0.5, 0.6) is 5.75 Å². The molecule has 1 saturated heterocycles. The summed E-state index contributed by atoms with van der Waals surface area (Å²) in [4.78, 5) is 31.1. The van der Waals surface area contributed by atoms with E-state index >= 15 is 0 Å². The van der Waals surface area contributed by atoms with Crippen LogP contribution in [0.15, 0.2) is 36.7 Å². The highest BCUT2D eigenvalue weighted by Gasteiger charge is 2.44. The van der Waals surface area contributed by atoms with Crippen molar-refractivity contribution in [1.29, 1.82) is 0 Å². The van der Waals surface area contributed by atoms with Crippen molar-refractivity contribution in [1.82, 2.24) is 9.88 Å². The van der Waals surface area contributed by atoms with Gasteiger partial charge in [0.05, 0.1) is 6.54 Å². The molecule has 1 aromatic carbocycles. The van der Waals surface area contributed by atoms with E-state index in [1.54, 1.807) is 53.9 Å². The van der Waals surface area contributed by atoms with Crippen molar-refractivity contribution < 1.29 is 23.8 Å². The number of hydrogen-bond donors (Lipinski definition) is 0. The highest BCUT2D eigenvalue weighted by molar-refractivity contribution is 5.83. The van der Waals surface area contributed by atoms with E-state index in [0.29, 0.717) is 12.2 Å². The van der Waals surface area contributed by atoms with Crippen LogP contribution in [-0.4, -0.2) is 51.8 Å². The maximum atomic E-state index is 12.8. The number of carbonyl (C=O) groups is 2. The molecule has 1 aliphatic heterocycles. The van der Waals surface area contributed by atoms with Gasteiger partial charge < -0.3 is 14.2 Å². The van der Waals surface area contributed by atoms with Crippen molar-refractivity contribution >= 4 is 22.8 Å². The standard InChI is InChI=1S/C23H30N2O5/c1-22(2,3)29-20(26)19-12-18(14-25(19)21(27)30-23(4,5)6)28-17-8-7-15-9-10-24-13-16(15)11-17/h7-11,13,18-19H,12,14H2,1-6H3. The smallest absolute Gasteiger partial charge is 0.411 e. The molecule has 3 rings (SSSR count). The highest BCUT2D eigenvalue weighted by Crippen LogP contribution is 2.28. The van der Waals surface area contributed by atoms with Crippen LogP contribution in [-0.2, 0) is 14.3 Å². The molecule has 0 spiro atoms. The predicted molar refractivity (Wildman–Crippen MR) is 113 cm³/mol. The molecule has 1 fully saturated rings. The van der Waals surface area contributed by atoms with Gasteiger partial charge in [0.2, 0.25) is 0 Å². The number of hydrogen-bond acceptors (Lipinski definition) is 6. The van der Waals surface area contributed by atoms with E-state index in [0.717, 1.165) is 10.8 Å². The lowest BCUT2D eigenvalue weighted by Gasteiger charge is -2.29. The molecule has 0 saturated carbocycles. The van der Waals surface area contributed by atoms with Gasteiger partial charge in [-0.25, -0.2) is 9.59 Å². The third kappa shape index (κ3) is 5.62. The Morgan fingerprint density at radius 3 is 2.37 bits per heavy atom. The third-order valence-corrected chi connectivity index (χ3v) is 4.48. The first-order valence-corrected chi connectivity index (χ1v) is 10.1. The number of likely N-dealkylation sites (tertiary alicyclic amines) is 1. The second-order valence-corrected chi connectivity index (χ2v) is 9.54.